The molecule has 3 heteroatoms. The van der Waals surface area contributed by atoms with Crippen molar-refractivity contribution in [1.29, 1.82) is 0 Å². The molecule has 1 heterocycles. The van der Waals surface area contributed by atoms with Crippen molar-refractivity contribution in [3.05, 3.63) is 35.9 Å². The molecule has 0 radical (unpaired) electrons. The van der Waals surface area contributed by atoms with E-state index in [4.69, 9.17) is 21.1 Å². The summed E-state index contributed by atoms with van der Waals surface area (Å²) >= 11 is 5.73. The van der Waals surface area contributed by atoms with Gasteiger partial charge >= 0.3 is 0 Å². The van der Waals surface area contributed by atoms with Crippen LogP contribution in [0.3, 0.4) is 0 Å². The van der Waals surface area contributed by atoms with E-state index < -0.39 is 5.79 Å². The normalized spacial score (nSPS) is 30.7. The number of halogens is 1. The van der Waals surface area contributed by atoms with Crippen molar-refractivity contribution < 1.29 is 9.47 Å². The molecule has 15 heavy (non-hydrogen) atoms. The molecule has 1 aromatic carbocycles. The summed E-state index contributed by atoms with van der Waals surface area (Å²) in [5.74, 6) is -0.0225. The van der Waals surface area contributed by atoms with E-state index in [0.717, 1.165) is 6.42 Å². The molecule has 82 valence electrons. The molecule has 0 saturated carbocycles. The van der Waals surface area contributed by atoms with Gasteiger partial charge in [0.1, 0.15) is 0 Å². The van der Waals surface area contributed by atoms with Crippen LogP contribution in [0.5, 0.6) is 0 Å². The first-order chi connectivity index (χ1) is 7.22. The van der Waals surface area contributed by atoms with E-state index in [1.165, 1.54) is 5.56 Å². The van der Waals surface area contributed by atoms with Gasteiger partial charge < -0.3 is 9.47 Å². The van der Waals surface area contributed by atoms with Crippen LogP contribution in [0.1, 0.15) is 12.5 Å². The Labute approximate surface area is 95.1 Å². The van der Waals surface area contributed by atoms with Crippen molar-refractivity contribution >= 4 is 11.6 Å². The molecule has 0 aromatic heterocycles. The van der Waals surface area contributed by atoms with Crippen LogP contribution >= 0.6 is 11.6 Å². The first-order valence-corrected chi connectivity index (χ1v) is 5.67. The van der Waals surface area contributed by atoms with E-state index in [1.807, 2.05) is 25.1 Å². The van der Waals surface area contributed by atoms with Crippen molar-refractivity contribution in [2.45, 2.75) is 25.2 Å². The largest absolute Gasteiger partial charge is 0.347 e. The molecule has 1 aliphatic heterocycles. The van der Waals surface area contributed by atoms with Gasteiger partial charge in [-0.3, -0.25) is 0 Å². The van der Waals surface area contributed by atoms with E-state index in [1.54, 1.807) is 0 Å². The predicted octanol–water partition coefficient (Wildman–Crippen LogP) is 2.60. The number of rotatable bonds is 3. The summed E-state index contributed by atoms with van der Waals surface area (Å²) < 4.78 is 11.4. The molecular weight excluding hydrogens is 212 g/mol. The minimum Gasteiger partial charge on any atom is -0.347 e. The first-order valence-electron chi connectivity index (χ1n) is 5.13. The Bertz CT molecular complexity index is 315. The highest BCUT2D eigenvalue weighted by molar-refractivity contribution is 6.18. The molecule has 0 aliphatic carbocycles. The maximum atomic E-state index is 5.75. The zero-order valence-electron chi connectivity index (χ0n) is 8.78. The third kappa shape index (κ3) is 2.71. The van der Waals surface area contributed by atoms with Crippen molar-refractivity contribution in [3.8, 4) is 0 Å². The highest BCUT2D eigenvalue weighted by atomic mass is 35.5. The van der Waals surface area contributed by atoms with Gasteiger partial charge in [0, 0.05) is 6.42 Å². The Morgan fingerprint density at radius 2 is 2.13 bits per heavy atom. The maximum Gasteiger partial charge on any atom is 0.170 e. The molecule has 2 nitrogen and oxygen atoms in total. The van der Waals surface area contributed by atoms with Gasteiger partial charge in [-0.1, -0.05) is 30.3 Å². The highest BCUT2D eigenvalue weighted by Crippen LogP contribution is 2.27. The lowest BCUT2D eigenvalue weighted by Crippen LogP contribution is -2.29. The maximum absolute atomic E-state index is 5.75. The van der Waals surface area contributed by atoms with Crippen LogP contribution in [0.4, 0.5) is 0 Å². The van der Waals surface area contributed by atoms with Crippen LogP contribution in [-0.2, 0) is 15.9 Å². The Hall–Kier alpha value is -0.570. The van der Waals surface area contributed by atoms with Crippen LogP contribution < -0.4 is 0 Å². The third-order valence-electron chi connectivity index (χ3n) is 2.53. The van der Waals surface area contributed by atoms with E-state index >= 15 is 0 Å². The van der Waals surface area contributed by atoms with Crippen LogP contribution in [0.25, 0.3) is 0 Å². The second-order valence-corrected chi connectivity index (χ2v) is 4.31. The molecule has 2 atom stereocenters. The Balaban J connectivity index is 2.00. The quantitative estimate of drug-likeness (QED) is 0.738. The van der Waals surface area contributed by atoms with Crippen molar-refractivity contribution in [1.82, 2.24) is 0 Å². The van der Waals surface area contributed by atoms with Crippen LogP contribution in [0.15, 0.2) is 30.3 Å². The number of hydrogen-bond donors (Lipinski definition) is 0. The second-order valence-electron chi connectivity index (χ2n) is 4.00. The standard InChI is InChI=1S/C12H15ClO2/c1-12(14-9-11(8-13)15-12)7-10-5-3-2-4-6-10/h2-6,11H,7-9H2,1H3/t11-,12-/m1/s1. The molecule has 0 spiro atoms. The molecule has 0 unspecified atom stereocenters. The summed E-state index contributed by atoms with van der Waals surface area (Å²) in [7, 11) is 0. The molecule has 1 fully saturated rings. The fourth-order valence-electron chi connectivity index (χ4n) is 1.83. The second kappa shape index (κ2) is 4.52. The summed E-state index contributed by atoms with van der Waals surface area (Å²) in [5.41, 5.74) is 1.22. The summed E-state index contributed by atoms with van der Waals surface area (Å²) in [6.45, 7) is 2.55. The lowest BCUT2D eigenvalue weighted by atomic mass is 10.1. The average Bonchev–Trinajstić information content (AvgIpc) is 2.61. The van der Waals surface area contributed by atoms with Gasteiger partial charge in [0.25, 0.3) is 0 Å². The van der Waals surface area contributed by atoms with Crippen LogP contribution in [-0.4, -0.2) is 24.4 Å². The third-order valence-corrected chi connectivity index (χ3v) is 2.87. The SMILES string of the molecule is C[C@@]1(Cc2ccccc2)OC[C@@H](CCl)O1. The minimum absolute atomic E-state index is 0.0281. The van der Waals surface area contributed by atoms with Gasteiger partial charge in [-0.25, -0.2) is 0 Å². The molecule has 2 rings (SSSR count). The fraction of sp³-hybridized carbons (Fsp3) is 0.500. The van der Waals surface area contributed by atoms with Gasteiger partial charge in [-0.2, -0.15) is 0 Å². The number of ether oxygens (including phenoxy) is 2. The summed E-state index contributed by atoms with van der Waals surface area (Å²) in [6.07, 6.45) is 0.793. The Kier molecular flexibility index (Phi) is 3.29. The number of benzene rings is 1. The molecule has 0 N–H and O–H groups in total. The monoisotopic (exact) mass is 226 g/mol. The van der Waals surface area contributed by atoms with Gasteiger partial charge in [-0.15, -0.1) is 11.6 Å². The van der Waals surface area contributed by atoms with Crippen LogP contribution in [0, 0.1) is 0 Å². The van der Waals surface area contributed by atoms with Gasteiger partial charge in [0.05, 0.1) is 18.6 Å². The van der Waals surface area contributed by atoms with Crippen LogP contribution in [0.2, 0.25) is 0 Å². The van der Waals surface area contributed by atoms with Crippen molar-refractivity contribution in [2.24, 2.45) is 0 Å². The lowest BCUT2D eigenvalue weighted by Gasteiger charge is -2.23. The summed E-state index contributed by atoms with van der Waals surface area (Å²) in [4.78, 5) is 0. The summed E-state index contributed by atoms with van der Waals surface area (Å²) in [6, 6.07) is 10.2. The average molecular weight is 227 g/mol. The topological polar surface area (TPSA) is 18.5 Å². The highest BCUT2D eigenvalue weighted by Gasteiger charge is 2.36. The van der Waals surface area contributed by atoms with E-state index in [9.17, 15) is 0 Å². The Morgan fingerprint density at radius 3 is 2.73 bits per heavy atom. The van der Waals surface area contributed by atoms with E-state index in [-0.39, 0.29) is 6.10 Å². The molecule has 1 saturated heterocycles. The summed E-state index contributed by atoms with van der Waals surface area (Å²) in [5, 5.41) is 0. The number of hydrogen-bond acceptors (Lipinski definition) is 2. The molecular formula is C12H15ClO2. The van der Waals surface area contributed by atoms with Crippen molar-refractivity contribution in [2.75, 3.05) is 12.5 Å². The number of alkyl halides is 1. The molecule has 1 aliphatic rings. The fourth-order valence-corrected chi connectivity index (χ4v) is 1.98. The van der Waals surface area contributed by atoms with E-state index in [0.29, 0.717) is 12.5 Å². The molecule has 0 bridgehead atoms. The zero-order valence-corrected chi connectivity index (χ0v) is 9.54. The lowest BCUT2D eigenvalue weighted by molar-refractivity contribution is -0.149. The minimum atomic E-state index is -0.513. The first kappa shape index (κ1) is 10.9. The zero-order chi connectivity index (χ0) is 10.7. The van der Waals surface area contributed by atoms with Gasteiger partial charge in [-0.05, 0) is 12.5 Å². The van der Waals surface area contributed by atoms with Crippen molar-refractivity contribution in [3.63, 3.8) is 0 Å². The predicted molar refractivity (Wildman–Crippen MR) is 60.1 cm³/mol. The van der Waals surface area contributed by atoms with Gasteiger partial charge in [0.2, 0.25) is 0 Å². The smallest absolute Gasteiger partial charge is 0.170 e. The Morgan fingerprint density at radius 1 is 1.40 bits per heavy atom. The molecule has 0 amide bonds. The molecule has 1 aromatic rings. The van der Waals surface area contributed by atoms with E-state index in [2.05, 4.69) is 12.1 Å². The van der Waals surface area contributed by atoms with Gasteiger partial charge in [0.15, 0.2) is 5.79 Å².